The van der Waals surface area contributed by atoms with Gasteiger partial charge in [-0.15, -0.1) is 0 Å². The topological polar surface area (TPSA) is 59.3 Å². The number of fused-ring (bicyclic) bond motifs is 1. The van der Waals surface area contributed by atoms with Crippen molar-refractivity contribution in [2.45, 2.75) is 19.8 Å². The Labute approximate surface area is 115 Å². The summed E-state index contributed by atoms with van der Waals surface area (Å²) >= 11 is 5.84. The van der Waals surface area contributed by atoms with Gasteiger partial charge in [0.1, 0.15) is 11.1 Å². The lowest BCUT2D eigenvalue weighted by Gasteiger charge is -2.08. The molecule has 2 rings (SSSR count). The highest BCUT2D eigenvalue weighted by Gasteiger charge is 2.13. The first-order chi connectivity index (χ1) is 9.17. The lowest BCUT2D eigenvalue weighted by atomic mass is 10.1. The van der Waals surface area contributed by atoms with Crippen molar-refractivity contribution in [1.82, 2.24) is 0 Å². The van der Waals surface area contributed by atoms with E-state index >= 15 is 0 Å². The molecular weight excluding hydrogens is 266 g/mol. The van der Waals surface area contributed by atoms with E-state index in [0.29, 0.717) is 28.8 Å². The van der Waals surface area contributed by atoms with Gasteiger partial charge in [-0.1, -0.05) is 24.9 Å². The third-order valence-electron chi connectivity index (χ3n) is 2.82. The van der Waals surface area contributed by atoms with E-state index in [2.05, 4.69) is 12.2 Å². The number of hydrogen-bond acceptors (Lipinski definition) is 4. The quantitative estimate of drug-likeness (QED) is 0.672. The van der Waals surface area contributed by atoms with Crippen LogP contribution in [0.5, 0.6) is 0 Å². The monoisotopic (exact) mass is 279 g/mol. The molecule has 1 aromatic heterocycles. The zero-order chi connectivity index (χ0) is 13.8. The Hall–Kier alpha value is -1.81. The van der Waals surface area contributed by atoms with Crippen molar-refractivity contribution in [2.75, 3.05) is 11.9 Å². The maximum atomic E-state index is 12.2. The number of aldehydes is 1. The van der Waals surface area contributed by atoms with E-state index in [9.17, 15) is 9.59 Å². The number of hydrogen-bond donors (Lipinski definition) is 1. The number of carbonyl (C=O) groups excluding carboxylic acids is 1. The van der Waals surface area contributed by atoms with Crippen LogP contribution in [-0.2, 0) is 0 Å². The Kier molecular flexibility index (Phi) is 4.22. The van der Waals surface area contributed by atoms with Crippen LogP contribution in [0.15, 0.2) is 27.4 Å². The van der Waals surface area contributed by atoms with Gasteiger partial charge in [0.15, 0.2) is 6.29 Å². The van der Waals surface area contributed by atoms with Crippen LogP contribution in [0.1, 0.15) is 30.1 Å². The highest BCUT2D eigenvalue weighted by Crippen LogP contribution is 2.22. The van der Waals surface area contributed by atoms with Gasteiger partial charge in [0.2, 0.25) is 11.3 Å². The fourth-order valence-electron chi connectivity index (χ4n) is 1.80. The molecule has 0 spiro atoms. The second-order valence-corrected chi connectivity index (χ2v) is 4.65. The molecule has 19 heavy (non-hydrogen) atoms. The van der Waals surface area contributed by atoms with Crippen LogP contribution in [0.25, 0.3) is 11.0 Å². The molecule has 4 nitrogen and oxygen atoms in total. The fraction of sp³-hybridized carbons (Fsp3) is 0.286. The second kappa shape index (κ2) is 5.89. The van der Waals surface area contributed by atoms with E-state index < -0.39 is 0 Å². The van der Waals surface area contributed by atoms with Gasteiger partial charge < -0.3 is 9.73 Å². The fourth-order valence-corrected chi connectivity index (χ4v) is 1.97. The number of nitrogens with one attached hydrogen (secondary N) is 1. The molecule has 1 N–H and O–H groups in total. The molecule has 1 aromatic carbocycles. The van der Waals surface area contributed by atoms with E-state index in [1.807, 2.05) is 0 Å². The summed E-state index contributed by atoms with van der Waals surface area (Å²) in [4.78, 5) is 23.3. The van der Waals surface area contributed by atoms with Gasteiger partial charge in [0, 0.05) is 11.6 Å². The van der Waals surface area contributed by atoms with Crippen LogP contribution >= 0.6 is 11.6 Å². The highest BCUT2D eigenvalue weighted by molar-refractivity contribution is 6.31. The van der Waals surface area contributed by atoms with Crippen LogP contribution in [0.2, 0.25) is 5.02 Å². The lowest BCUT2D eigenvalue weighted by Crippen LogP contribution is -2.14. The minimum absolute atomic E-state index is 0.00543. The van der Waals surface area contributed by atoms with Crippen LogP contribution in [0.3, 0.4) is 0 Å². The Morgan fingerprint density at radius 1 is 1.42 bits per heavy atom. The first-order valence-corrected chi connectivity index (χ1v) is 6.50. The number of benzene rings is 1. The van der Waals surface area contributed by atoms with Gasteiger partial charge in [-0.25, -0.2) is 0 Å². The molecule has 100 valence electrons. The summed E-state index contributed by atoms with van der Waals surface area (Å²) in [5.41, 5.74) is 0.0580. The third-order valence-corrected chi connectivity index (χ3v) is 3.06. The molecule has 0 atom stereocenters. The Bertz CT molecular complexity index is 664. The van der Waals surface area contributed by atoms with E-state index in [0.717, 1.165) is 12.8 Å². The van der Waals surface area contributed by atoms with Gasteiger partial charge in [-0.05, 0) is 24.6 Å². The van der Waals surface area contributed by atoms with Crippen molar-refractivity contribution >= 4 is 34.7 Å². The molecule has 0 aliphatic heterocycles. The number of halogens is 1. The molecule has 5 heteroatoms. The van der Waals surface area contributed by atoms with Crippen molar-refractivity contribution < 1.29 is 9.21 Å². The standard InChI is InChI=1S/C14H14ClNO3/c1-2-3-6-16-14-11(8-17)13(18)10-7-9(15)4-5-12(10)19-14/h4-5,7-8,16H,2-3,6H2,1H3. The minimum Gasteiger partial charge on any atom is -0.440 e. The Morgan fingerprint density at radius 3 is 2.89 bits per heavy atom. The van der Waals surface area contributed by atoms with Gasteiger partial charge in [-0.2, -0.15) is 0 Å². The molecule has 0 amide bonds. The van der Waals surface area contributed by atoms with E-state index in [-0.39, 0.29) is 16.9 Å². The SMILES string of the molecule is CCCCNc1oc2ccc(Cl)cc2c(=O)c1C=O. The van der Waals surface area contributed by atoms with Crippen molar-refractivity contribution in [1.29, 1.82) is 0 Å². The zero-order valence-corrected chi connectivity index (χ0v) is 11.3. The summed E-state index contributed by atoms with van der Waals surface area (Å²) in [7, 11) is 0. The summed E-state index contributed by atoms with van der Waals surface area (Å²) in [5.74, 6) is 0.225. The van der Waals surface area contributed by atoms with Crippen molar-refractivity contribution in [3.63, 3.8) is 0 Å². The summed E-state index contributed by atoms with van der Waals surface area (Å²) in [6.07, 6.45) is 2.46. The number of unbranched alkanes of at least 4 members (excludes halogenated alkanes) is 1. The van der Waals surface area contributed by atoms with Gasteiger partial charge in [-0.3, -0.25) is 9.59 Å². The first-order valence-electron chi connectivity index (χ1n) is 6.12. The minimum atomic E-state index is -0.363. The van der Waals surface area contributed by atoms with E-state index in [1.54, 1.807) is 12.1 Å². The average molecular weight is 280 g/mol. The third kappa shape index (κ3) is 2.79. The van der Waals surface area contributed by atoms with Crippen LogP contribution in [-0.4, -0.2) is 12.8 Å². The second-order valence-electron chi connectivity index (χ2n) is 4.21. The molecule has 1 heterocycles. The number of rotatable bonds is 5. The smallest absolute Gasteiger partial charge is 0.208 e. The van der Waals surface area contributed by atoms with Crippen molar-refractivity contribution in [3.05, 3.63) is 39.0 Å². The first kappa shape index (κ1) is 13.6. The van der Waals surface area contributed by atoms with E-state index in [1.165, 1.54) is 6.07 Å². The maximum Gasteiger partial charge on any atom is 0.208 e. The van der Waals surface area contributed by atoms with E-state index in [4.69, 9.17) is 16.0 Å². The molecule has 2 aromatic rings. The normalized spacial score (nSPS) is 10.6. The van der Waals surface area contributed by atoms with Crippen LogP contribution < -0.4 is 10.7 Å². The van der Waals surface area contributed by atoms with Crippen LogP contribution in [0, 0.1) is 0 Å². The molecule has 0 aliphatic carbocycles. The summed E-state index contributed by atoms with van der Waals surface area (Å²) < 4.78 is 5.57. The number of carbonyl (C=O) groups is 1. The molecule has 0 radical (unpaired) electrons. The molecule has 0 aliphatic rings. The van der Waals surface area contributed by atoms with Crippen molar-refractivity contribution in [2.24, 2.45) is 0 Å². The molecule has 0 saturated heterocycles. The number of anilines is 1. The van der Waals surface area contributed by atoms with Gasteiger partial charge in [0.05, 0.1) is 5.39 Å². The Morgan fingerprint density at radius 2 is 2.21 bits per heavy atom. The van der Waals surface area contributed by atoms with Gasteiger partial charge >= 0.3 is 0 Å². The largest absolute Gasteiger partial charge is 0.440 e. The predicted molar refractivity (Wildman–Crippen MR) is 76.3 cm³/mol. The maximum absolute atomic E-state index is 12.2. The molecule has 0 saturated carbocycles. The Balaban J connectivity index is 2.55. The van der Waals surface area contributed by atoms with Gasteiger partial charge in [0.25, 0.3) is 0 Å². The molecule has 0 unspecified atom stereocenters. The molecule has 0 bridgehead atoms. The summed E-state index contributed by atoms with van der Waals surface area (Å²) in [6, 6.07) is 4.77. The lowest BCUT2D eigenvalue weighted by molar-refractivity contribution is 0.112. The summed E-state index contributed by atoms with van der Waals surface area (Å²) in [6.45, 7) is 2.71. The predicted octanol–water partition coefficient (Wildman–Crippen LogP) is 3.47. The van der Waals surface area contributed by atoms with Crippen molar-refractivity contribution in [3.8, 4) is 0 Å². The van der Waals surface area contributed by atoms with Crippen LogP contribution in [0.4, 0.5) is 5.88 Å². The summed E-state index contributed by atoms with van der Waals surface area (Å²) in [5, 5.41) is 3.73. The molecular formula is C14H14ClNO3. The zero-order valence-electron chi connectivity index (χ0n) is 10.5. The highest BCUT2D eigenvalue weighted by atomic mass is 35.5. The average Bonchev–Trinajstić information content (AvgIpc) is 2.40. The molecule has 0 fully saturated rings.